The molecular formula is C6H10N4S2. The Morgan fingerprint density at radius 1 is 1.08 bits per heavy atom. The average molecular weight is 202 g/mol. The minimum atomic E-state index is 0.406. The average Bonchev–Trinajstić information content (AvgIpc) is 2.08. The van der Waals surface area contributed by atoms with Crippen LogP contribution in [0.4, 0.5) is 11.5 Å². The molecule has 0 fully saturated rings. The third-order valence-electron chi connectivity index (χ3n) is 1.75. The SMILES string of the molecule is Cn1c(N)c(N)c(=S)n(C)c1=S. The van der Waals surface area contributed by atoms with Gasteiger partial charge in [-0.25, -0.2) is 0 Å². The summed E-state index contributed by atoms with van der Waals surface area (Å²) in [7, 11) is 3.52. The summed E-state index contributed by atoms with van der Waals surface area (Å²) in [6, 6.07) is 0. The van der Waals surface area contributed by atoms with Gasteiger partial charge in [-0.2, -0.15) is 0 Å². The molecule has 0 amide bonds. The molecule has 12 heavy (non-hydrogen) atoms. The standard InChI is InChI=1S/C6H10N4S2/c1-9-4(8)3(7)5(11)10(2)6(9)12/h7-8H2,1-2H3. The molecule has 6 heteroatoms. The van der Waals surface area contributed by atoms with Gasteiger partial charge in [0.15, 0.2) is 4.77 Å². The molecule has 0 aliphatic rings. The van der Waals surface area contributed by atoms with E-state index in [4.69, 9.17) is 35.9 Å². The third-order valence-corrected chi connectivity index (χ3v) is 2.79. The third kappa shape index (κ3) is 1.12. The van der Waals surface area contributed by atoms with E-state index >= 15 is 0 Å². The molecule has 4 N–H and O–H groups in total. The normalized spacial score (nSPS) is 10.2. The summed E-state index contributed by atoms with van der Waals surface area (Å²) in [4.78, 5) is 0. The smallest absolute Gasteiger partial charge is 0.181 e. The van der Waals surface area contributed by atoms with Gasteiger partial charge >= 0.3 is 0 Å². The van der Waals surface area contributed by atoms with Crippen molar-refractivity contribution >= 4 is 35.9 Å². The molecule has 0 aliphatic heterocycles. The number of nitrogens with two attached hydrogens (primary N) is 2. The zero-order valence-electron chi connectivity index (χ0n) is 6.87. The van der Waals surface area contributed by atoms with Crippen LogP contribution in [0.2, 0.25) is 0 Å². The fraction of sp³-hybridized carbons (Fsp3) is 0.333. The van der Waals surface area contributed by atoms with Crippen LogP contribution in [0.5, 0.6) is 0 Å². The summed E-state index contributed by atoms with van der Waals surface area (Å²) in [5.41, 5.74) is 11.7. The highest BCUT2D eigenvalue weighted by Crippen LogP contribution is 2.14. The first kappa shape index (κ1) is 9.21. The van der Waals surface area contributed by atoms with E-state index < -0.39 is 0 Å². The Bertz CT molecular complexity index is 391. The number of hydrogen-bond donors (Lipinski definition) is 2. The molecule has 0 bridgehead atoms. The molecule has 0 atom stereocenters. The molecule has 0 spiro atoms. The first-order chi connectivity index (χ1) is 5.46. The highest BCUT2D eigenvalue weighted by molar-refractivity contribution is 7.72. The topological polar surface area (TPSA) is 61.9 Å². The van der Waals surface area contributed by atoms with E-state index in [2.05, 4.69) is 0 Å². The molecular weight excluding hydrogens is 192 g/mol. The quantitative estimate of drug-likeness (QED) is 0.616. The molecule has 0 saturated heterocycles. The zero-order chi connectivity index (χ0) is 9.46. The monoisotopic (exact) mass is 202 g/mol. The lowest BCUT2D eigenvalue weighted by Crippen LogP contribution is -2.13. The summed E-state index contributed by atoms with van der Waals surface area (Å²) in [6.07, 6.45) is 0. The lowest BCUT2D eigenvalue weighted by atomic mass is 10.5. The maximum absolute atomic E-state index is 5.64. The highest BCUT2D eigenvalue weighted by atomic mass is 32.1. The molecule has 66 valence electrons. The number of anilines is 2. The maximum atomic E-state index is 5.64. The Kier molecular flexibility index (Phi) is 2.20. The van der Waals surface area contributed by atoms with E-state index in [1.807, 2.05) is 0 Å². The molecule has 1 aromatic rings. The summed E-state index contributed by atoms with van der Waals surface area (Å²) >= 11 is 10.1. The highest BCUT2D eigenvalue weighted by Gasteiger charge is 2.03. The minimum Gasteiger partial charge on any atom is -0.393 e. The van der Waals surface area contributed by atoms with Crippen molar-refractivity contribution in [3.05, 3.63) is 9.41 Å². The van der Waals surface area contributed by atoms with Gasteiger partial charge in [-0.3, -0.25) is 0 Å². The van der Waals surface area contributed by atoms with Crippen LogP contribution in [0.3, 0.4) is 0 Å². The van der Waals surface area contributed by atoms with Crippen LogP contribution in [0.15, 0.2) is 0 Å². The Morgan fingerprint density at radius 2 is 1.58 bits per heavy atom. The molecule has 1 rings (SSSR count). The summed E-state index contributed by atoms with van der Waals surface area (Å²) in [6.45, 7) is 0. The molecule has 0 unspecified atom stereocenters. The summed E-state index contributed by atoms with van der Waals surface area (Å²) in [5.74, 6) is 0.420. The second kappa shape index (κ2) is 2.87. The summed E-state index contributed by atoms with van der Waals surface area (Å²) in [5, 5.41) is 0. The van der Waals surface area contributed by atoms with Gasteiger partial charge in [0.25, 0.3) is 0 Å². The lowest BCUT2D eigenvalue weighted by Gasteiger charge is -2.10. The van der Waals surface area contributed by atoms with Crippen LogP contribution in [-0.2, 0) is 14.1 Å². The van der Waals surface area contributed by atoms with Gasteiger partial charge < -0.3 is 20.6 Å². The molecule has 1 aromatic heterocycles. The lowest BCUT2D eigenvalue weighted by molar-refractivity contribution is 0.744. The second-order valence-corrected chi connectivity index (χ2v) is 3.26. The van der Waals surface area contributed by atoms with Crippen molar-refractivity contribution in [1.82, 2.24) is 9.13 Å². The van der Waals surface area contributed by atoms with Crippen molar-refractivity contribution in [3.63, 3.8) is 0 Å². The van der Waals surface area contributed by atoms with Crippen LogP contribution in [0.25, 0.3) is 0 Å². The molecule has 4 nitrogen and oxygen atoms in total. The summed E-state index contributed by atoms with van der Waals surface area (Å²) < 4.78 is 4.32. The fourth-order valence-electron chi connectivity index (χ4n) is 0.886. The van der Waals surface area contributed by atoms with E-state index in [9.17, 15) is 0 Å². The number of rotatable bonds is 0. The number of nitrogens with zero attached hydrogens (tertiary/aromatic N) is 2. The number of nitrogen functional groups attached to an aromatic ring is 2. The van der Waals surface area contributed by atoms with Crippen LogP contribution >= 0.6 is 24.4 Å². The Balaban J connectivity index is 3.86. The second-order valence-electron chi connectivity index (χ2n) is 2.50. The van der Waals surface area contributed by atoms with Gasteiger partial charge in [0, 0.05) is 14.1 Å². The van der Waals surface area contributed by atoms with Crippen molar-refractivity contribution in [2.45, 2.75) is 0 Å². The first-order valence-corrected chi connectivity index (χ1v) is 4.09. The van der Waals surface area contributed by atoms with Crippen LogP contribution in [0, 0.1) is 9.41 Å². The van der Waals surface area contributed by atoms with Crippen molar-refractivity contribution in [2.24, 2.45) is 14.1 Å². The molecule has 1 heterocycles. The van der Waals surface area contributed by atoms with Gasteiger partial charge in [-0.15, -0.1) is 0 Å². The van der Waals surface area contributed by atoms with E-state index in [-0.39, 0.29) is 0 Å². The minimum absolute atomic E-state index is 0.406. The van der Waals surface area contributed by atoms with Gasteiger partial charge in [0.2, 0.25) is 0 Å². The van der Waals surface area contributed by atoms with Crippen molar-refractivity contribution < 1.29 is 0 Å². The van der Waals surface area contributed by atoms with E-state index in [0.29, 0.717) is 20.9 Å². The molecule has 0 saturated carbocycles. The van der Waals surface area contributed by atoms with Crippen molar-refractivity contribution in [2.75, 3.05) is 11.5 Å². The van der Waals surface area contributed by atoms with Crippen molar-refractivity contribution in [3.8, 4) is 0 Å². The Hall–Kier alpha value is -0.880. The molecule has 0 aromatic carbocycles. The van der Waals surface area contributed by atoms with Crippen molar-refractivity contribution in [1.29, 1.82) is 0 Å². The first-order valence-electron chi connectivity index (χ1n) is 3.27. The van der Waals surface area contributed by atoms with Gasteiger partial charge in [0.1, 0.15) is 16.1 Å². The predicted molar refractivity (Wildman–Crippen MR) is 54.9 cm³/mol. The molecule has 0 radical (unpaired) electrons. The predicted octanol–water partition coefficient (Wildman–Crippen LogP) is 0.987. The van der Waals surface area contributed by atoms with E-state index in [1.165, 1.54) is 0 Å². The van der Waals surface area contributed by atoms with E-state index in [0.717, 1.165) is 0 Å². The van der Waals surface area contributed by atoms with Gasteiger partial charge in [0.05, 0.1) is 0 Å². The van der Waals surface area contributed by atoms with E-state index in [1.54, 1.807) is 23.2 Å². The number of aromatic nitrogens is 2. The van der Waals surface area contributed by atoms with Crippen LogP contribution in [0.1, 0.15) is 0 Å². The number of hydrogen-bond acceptors (Lipinski definition) is 4. The fourth-order valence-corrected chi connectivity index (χ4v) is 1.32. The molecule has 0 aliphatic carbocycles. The van der Waals surface area contributed by atoms with Crippen LogP contribution in [-0.4, -0.2) is 9.13 Å². The Morgan fingerprint density at radius 3 is 2.08 bits per heavy atom. The van der Waals surface area contributed by atoms with Gasteiger partial charge in [-0.05, 0) is 12.2 Å². The Labute approximate surface area is 80.4 Å². The zero-order valence-corrected chi connectivity index (χ0v) is 8.50. The largest absolute Gasteiger partial charge is 0.393 e. The van der Waals surface area contributed by atoms with Crippen LogP contribution < -0.4 is 11.5 Å². The maximum Gasteiger partial charge on any atom is 0.181 e. The van der Waals surface area contributed by atoms with Gasteiger partial charge in [-0.1, -0.05) is 12.2 Å².